The first kappa shape index (κ1) is 13.5. The van der Waals surface area contributed by atoms with E-state index in [1.807, 2.05) is 0 Å². The predicted octanol–water partition coefficient (Wildman–Crippen LogP) is 0.228. The number of amides is 2. The molecule has 2 amide bonds. The maximum Gasteiger partial charge on any atom is 0.229 e. The average molecular weight is 254 g/mol. The molecule has 2 atom stereocenters. The van der Waals surface area contributed by atoms with Gasteiger partial charge in [0.2, 0.25) is 11.8 Å². The van der Waals surface area contributed by atoms with E-state index in [1.165, 1.54) is 4.90 Å². The van der Waals surface area contributed by atoms with Crippen molar-refractivity contribution in [3.05, 3.63) is 0 Å². The maximum atomic E-state index is 11.5. The van der Waals surface area contributed by atoms with Crippen LogP contribution in [0.4, 0.5) is 0 Å². The minimum absolute atomic E-state index is 0.0385. The SMILES string of the molecule is CC1CCC(CO)CN1CCN1C(=O)CCC1=O. The van der Waals surface area contributed by atoms with Gasteiger partial charge in [-0.15, -0.1) is 0 Å². The normalized spacial score (nSPS) is 30.2. The average Bonchev–Trinajstić information content (AvgIpc) is 2.68. The van der Waals surface area contributed by atoms with Crippen molar-refractivity contribution in [2.75, 3.05) is 26.2 Å². The highest BCUT2D eigenvalue weighted by Gasteiger charge is 2.30. The van der Waals surface area contributed by atoms with Crippen LogP contribution in [0.2, 0.25) is 0 Å². The Balaban J connectivity index is 1.84. The van der Waals surface area contributed by atoms with Crippen molar-refractivity contribution in [1.29, 1.82) is 0 Å². The van der Waals surface area contributed by atoms with Crippen LogP contribution in [0, 0.1) is 5.92 Å². The molecule has 0 aromatic carbocycles. The number of piperidine rings is 1. The summed E-state index contributed by atoms with van der Waals surface area (Å²) in [4.78, 5) is 26.7. The minimum Gasteiger partial charge on any atom is -0.396 e. The Hall–Kier alpha value is -0.940. The molecule has 0 radical (unpaired) electrons. The first-order chi connectivity index (χ1) is 8.61. The molecule has 0 bridgehead atoms. The molecule has 2 saturated heterocycles. The second-order valence-electron chi connectivity index (χ2n) is 5.41. The van der Waals surface area contributed by atoms with Gasteiger partial charge in [0, 0.05) is 45.1 Å². The highest BCUT2D eigenvalue weighted by molar-refractivity contribution is 6.01. The van der Waals surface area contributed by atoms with Gasteiger partial charge in [0.15, 0.2) is 0 Å². The molecule has 5 nitrogen and oxygen atoms in total. The maximum absolute atomic E-state index is 11.5. The first-order valence-electron chi connectivity index (χ1n) is 6.80. The third-order valence-corrected chi connectivity index (χ3v) is 4.13. The highest BCUT2D eigenvalue weighted by atomic mass is 16.3. The summed E-state index contributed by atoms with van der Waals surface area (Å²) in [5.41, 5.74) is 0. The van der Waals surface area contributed by atoms with Crippen LogP contribution in [-0.2, 0) is 9.59 Å². The van der Waals surface area contributed by atoms with Gasteiger partial charge in [-0.2, -0.15) is 0 Å². The lowest BCUT2D eigenvalue weighted by Crippen LogP contribution is -2.47. The second-order valence-corrected chi connectivity index (χ2v) is 5.41. The van der Waals surface area contributed by atoms with E-state index < -0.39 is 0 Å². The van der Waals surface area contributed by atoms with E-state index in [4.69, 9.17) is 0 Å². The molecule has 2 heterocycles. The molecule has 0 aliphatic carbocycles. The molecule has 18 heavy (non-hydrogen) atoms. The van der Waals surface area contributed by atoms with E-state index in [2.05, 4.69) is 11.8 Å². The first-order valence-corrected chi connectivity index (χ1v) is 6.80. The number of carbonyl (C=O) groups excluding carboxylic acids is 2. The van der Waals surface area contributed by atoms with E-state index in [9.17, 15) is 14.7 Å². The smallest absolute Gasteiger partial charge is 0.229 e. The summed E-state index contributed by atoms with van der Waals surface area (Å²) >= 11 is 0. The number of nitrogens with zero attached hydrogens (tertiary/aromatic N) is 2. The summed E-state index contributed by atoms with van der Waals surface area (Å²) in [6.45, 7) is 4.50. The van der Waals surface area contributed by atoms with Crippen LogP contribution in [0.15, 0.2) is 0 Å². The standard InChI is InChI=1S/C13H22N2O3/c1-10-2-3-11(9-16)8-14(10)6-7-15-12(17)4-5-13(15)18/h10-11,16H,2-9H2,1H3. The van der Waals surface area contributed by atoms with Crippen LogP contribution in [-0.4, -0.2) is 59.0 Å². The van der Waals surface area contributed by atoms with Gasteiger partial charge in [0.25, 0.3) is 0 Å². The minimum atomic E-state index is -0.0385. The van der Waals surface area contributed by atoms with Crippen molar-refractivity contribution < 1.29 is 14.7 Å². The number of rotatable bonds is 4. The van der Waals surface area contributed by atoms with E-state index in [0.29, 0.717) is 31.3 Å². The zero-order chi connectivity index (χ0) is 13.1. The number of aliphatic hydroxyl groups is 1. The van der Waals surface area contributed by atoms with Crippen molar-refractivity contribution >= 4 is 11.8 Å². The number of likely N-dealkylation sites (tertiary alicyclic amines) is 2. The van der Waals surface area contributed by atoms with E-state index in [1.54, 1.807) is 0 Å². The molecule has 102 valence electrons. The summed E-state index contributed by atoms with van der Waals surface area (Å²) in [5, 5.41) is 9.21. The topological polar surface area (TPSA) is 60.9 Å². The lowest BCUT2D eigenvalue weighted by atomic mass is 9.94. The van der Waals surface area contributed by atoms with Crippen molar-refractivity contribution in [2.45, 2.75) is 38.6 Å². The summed E-state index contributed by atoms with van der Waals surface area (Å²) in [7, 11) is 0. The third kappa shape index (κ3) is 2.90. The fourth-order valence-electron chi connectivity index (χ4n) is 2.82. The molecule has 2 rings (SSSR count). The van der Waals surface area contributed by atoms with Gasteiger partial charge < -0.3 is 5.11 Å². The Morgan fingerprint density at radius 1 is 1.17 bits per heavy atom. The van der Waals surface area contributed by atoms with Crippen LogP contribution in [0.25, 0.3) is 0 Å². The van der Waals surface area contributed by atoms with E-state index >= 15 is 0 Å². The molecule has 0 aromatic heterocycles. The molecule has 0 aromatic rings. The Bertz CT molecular complexity index is 316. The fraction of sp³-hybridized carbons (Fsp3) is 0.846. The Morgan fingerprint density at radius 3 is 2.44 bits per heavy atom. The molecular formula is C13H22N2O3. The van der Waals surface area contributed by atoms with Gasteiger partial charge in [-0.1, -0.05) is 0 Å². The number of imide groups is 1. The Morgan fingerprint density at radius 2 is 1.83 bits per heavy atom. The van der Waals surface area contributed by atoms with E-state index in [0.717, 1.165) is 25.9 Å². The van der Waals surface area contributed by atoms with Crippen molar-refractivity contribution in [3.8, 4) is 0 Å². The lowest BCUT2D eigenvalue weighted by molar-refractivity contribution is -0.138. The van der Waals surface area contributed by atoms with Gasteiger partial charge >= 0.3 is 0 Å². The Kier molecular flexibility index (Phi) is 4.35. The largest absolute Gasteiger partial charge is 0.396 e. The molecule has 2 aliphatic heterocycles. The summed E-state index contributed by atoms with van der Waals surface area (Å²) in [6.07, 6.45) is 2.88. The molecule has 2 fully saturated rings. The second kappa shape index (κ2) is 5.80. The number of aliphatic hydroxyl groups excluding tert-OH is 1. The van der Waals surface area contributed by atoms with Crippen molar-refractivity contribution in [1.82, 2.24) is 9.80 Å². The molecule has 0 saturated carbocycles. The van der Waals surface area contributed by atoms with Gasteiger partial charge in [-0.05, 0) is 25.7 Å². The molecule has 5 heteroatoms. The quantitative estimate of drug-likeness (QED) is 0.730. The zero-order valence-electron chi connectivity index (χ0n) is 11.0. The summed E-state index contributed by atoms with van der Waals surface area (Å²) in [5.74, 6) is 0.262. The fourth-order valence-corrected chi connectivity index (χ4v) is 2.82. The molecule has 2 aliphatic rings. The van der Waals surface area contributed by atoms with E-state index in [-0.39, 0.29) is 18.4 Å². The molecular weight excluding hydrogens is 232 g/mol. The highest BCUT2D eigenvalue weighted by Crippen LogP contribution is 2.21. The predicted molar refractivity (Wildman–Crippen MR) is 66.8 cm³/mol. The van der Waals surface area contributed by atoms with Gasteiger partial charge in [-0.3, -0.25) is 19.4 Å². The molecule has 1 N–H and O–H groups in total. The van der Waals surface area contributed by atoms with Crippen molar-refractivity contribution in [3.63, 3.8) is 0 Å². The Labute approximate surface area is 108 Å². The van der Waals surface area contributed by atoms with Gasteiger partial charge in [-0.25, -0.2) is 0 Å². The van der Waals surface area contributed by atoms with Crippen LogP contribution in [0.1, 0.15) is 32.6 Å². The van der Waals surface area contributed by atoms with Crippen LogP contribution in [0.5, 0.6) is 0 Å². The molecule has 2 unspecified atom stereocenters. The van der Waals surface area contributed by atoms with Crippen LogP contribution >= 0.6 is 0 Å². The zero-order valence-corrected chi connectivity index (χ0v) is 11.0. The van der Waals surface area contributed by atoms with Crippen LogP contribution in [0.3, 0.4) is 0 Å². The monoisotopic (exact) mass is 254 g/mol. The number of hydrogen-bond acceptors (Lipinski definition) is 4. The van der Waals surface area contributed by atoms with Gasteiger partial charge in [0.05, 0.1) is 0 Å². The number of carbonyl (C=O) groups is 2. The van der Waals surface area contributed by atoms with Crippen molar-refractivity contribution in [2.24, 2.45) is 5.92 Å². The summed E-state index contributed by atoms with van der Waals surface area (Å²) in [6, 6.07) is 0.473. The summed E-state index contributed by atoms with van der Waals surface area (Å²) < 4.78 is 0. The van der Waals surface area contributed by atoms with Crippen LogP contribution < -0.4 is 0 Å². The lowest BCUT2D eigenvalue weighted by Gasteiger charge is -2.37. The molecule has 0 spiro atoms. The van der Waals surface area contributed by atoms with Gasteiger partial charge in [0.1, 0.15) is 0 Å². The number of hydrogen-bond donors (Lipinski definition) is 1. The third-order valence-electron chi connectivity index (χ3n) is 4.13.